The van der Waals surface area contributed by atoms with Gasteiger partial charge in [0.05, 0.1) is 11.1 Å². The van der Waals surface area contributed by atoms with E-state index >= 15 is 0 Å². The molecule has 0 N–H and O–H groups in total. The van der Waals surface area contributed by atoms with E-state index in [2.05, 4.69) is 0 Å². The van der Waals surface area contributed by atoms with Gasteiger partial charge in [-0.15, -0.1) is 0 Å². The summed E-state index contributed by atoms with van der Waals surface area (Å²) in [7, 11) is 3.89. The molecule has 1 heterocycles. The van der Waals surface area contributed by atoms with Gasteiger partial charge in [0.15, 0.2) is 0 Å². The maximum Gasteiger partial charge on any atom is 0.144 e. The van der Waals surface area contributed by atoms with Crippen LogP contribution in [0.5, 0.6) is 0 Å². The van der Waals surface area contributed by atoms with Crippen molar-refractivity contribution in [1.82, 2.24) is 4.90 Å². The van der Waals surface area contributed by atoms with E-state index in [9.17, 15) is 0 Å². The van der Waals surface area contributed by atoms with E-state index in [0.717, 1.165) is 5.76 Å². The van der Waals surface area contributed by atoms with E-state index in [1.165, 1.54) is 0 Å². The lowest BCUT2D eigenvalue weighted by atomic mass is 10.3. The number of thiocarbonyl (C=S) groups is 1. The summed E-state index contributed by atoms with van der Waals surface area (Å²) in [5.41, 5.74) is 0. The second kappa shape index (κ2) is 4.07. The van der Waals surface area contributed by atoms with Gasteiger partial charge < -0.3 is 9.32 Å². The molecule has 0 fully saturated rings. The van der Waals surface area contributed by atoms with Crippen LogP contribution < -0.4 is 0 Å². The van der Waals surface area contributed by atoms with E-state index in [-0.39, 0.29) is 0 Å². The molecular formula is C9H11NOS. The first-order valence-electron chi connectivity index (χ1n) is 3.62. The standard InChI is InChI=1S/C9H11NOS/c1-10(2)6-5-9(12)8-4-3-7-11-8/h3-7H,1-2H3/b6-5+. The summed E-state index contributed by atoms with van der Waals surface area (Å²) in [4.78, 5) is 2.64. The van der Waals surface area contributed by atoms with Gasteiger partial charge in [0.2, 0.25) is 0 Å². The zero-order chi connectivity index (χ0) is 8.97. The van der Waals surface area contributed by atoms with Crippen LogP contribution in [0.2, 0.25) is 0 Å². The predicted octanol–water partition coefficient (Wildman–Crippen LogP) is 2.07. The van der Waals surface area contributed by atoms with Crippen LogP contribution in [0.3, 0.4) is 0 Å². The molecule has 0 aromatic carbocycles. The molecule has 1 aromatic rings. The predicted molar refractivity (Wildman–Crippen MR) is 53.2 cm³/mol. The number of nitrogens with zero attached hydrogens (tertiary/aromatic N) is 1. The first-order valence-corrected chi connectivity index (χ1v) is 4.03. The molecule has 0 aliphatic rings. The summed E-state index contributed by atoms with van der Waals surface area (Å²) in [5, 5.41) is 0. The molecular weight excluding hydrogens is 170 g/mol. The van der Waals surface area contributed by atoms with Gasteiger partial charge in [0.25, 0.3) is 0 Å². The lowest BCUT2D eigenvalue weighted by Crippen LogP contribution is -2.02. The quantitative estimate of drug-likeness (QED) is 0.403. The van der Waals surface area contributed by atoms with Crippen molar-refractivity contribution < 1.29 is 4.42 Å². The Kier molecular flexibility index (Phi) is 3.05. The molecule has 0 saturated carbocycles. The molecule has 3 heteroatoms. The largest absolute Gasteiger partial charge is 0.463 e. The molecule has 0 spiro atoms. The Labute approximate surface area is 77.5 Å². The van der Waals surface area contributed by atoms with Gasteiger partial charge in [-0.2, -0.15) is 0 Å². The summed E-state index contributed by atoms with van der Waals surface area (Å²) in [5.74, 6) is 0.739. The van der Waals surface area contributed by atoms with Crippen LogP contribution in [0.15, 0.2) is 35.1 Å². The van der Waals surface area contributed by atoms with Crippen molar-refractivity contribution in [2.75, 3.05) is 14.1 Å². The van der Waals surface area contributed by atoms with Crippen molar-refractivity contribution in [2.24, 2.45) is 0 Å². The van der Waals surface area contributed by atoms with E-state index < -0.39 is 0 Å². The SMILES string of the molecule is CN(C)/C=C/C(=S)c1ccco1. The van der Waals surface area contributed by atoms with Crippen molar-refractivity contribution in [2.45, 2.75) is 0 Å². The Hall–Kier alpha value is -1.09. The molecule has 64 valence electrons. The van der Waals surface area contributed by atoms with Crippen molar-refractivity contribution in [3.8, 4) is 0 Å². The Morgan fingerprint density at radius 1 is 1.58 bits per heavy atom. The highest BCUT2D eigenvalue weighted by Gasteiger charge is 1.98. The maximum absolute atomic E-state index is 5.12. The van der Waals surface area contributed by atoms with Crippen LogP contribution in [-0.2, 0) is 0 Å². The van der Waals surface area contributed by atoms with Crippen LogP contribution in [-0.4, -0.2) is 23.9 Å². The third-order valence-corrected chi connectivity index (χ3v) is 1.63. The Balaban J connectivity index is 2.62. The molecule has 0 saturated heterocycles. The fourth-order valence-electron chi connectivity index (χ4n) is 0.718. The summed E-state index contributed by atoms with van der Waals surface area (Å²) in [6.07, 6.45) is 5.35. The van der Waals surface area contributed by atoms with Crippen LogP contribution in [0.4, 0.5) is 0 Å². The van der Waals surface area contributed by atoms with Crippen LogP contribution in [0.25, 0.3) is 0 Å². The Bertz CT molecular complexity index is 275. The highest BCUT2D eigenvalue weighted by atomic mass is 32.1. The van der Waals surface area contributed by atoms with E-state index in [1.807, 2.05) is 43.4 Å². The van der Waals surface area contributed by atoms with E-state index in [1.54, 1.807) is 6.26 Å². The lowest BCUT2D eigenvalue weighted by molar-refractivity contribution is 0.557. The van der Waals surface area contributed by atoms with Gasteiger partial charge >= 0.3 is 0 Å². The molecule has 0 aliphatic carbocycles. The number of rotatable bonds is 3. The molecule has 1 rings (SSSR count). The normalized spacial score (nSPS) is 10.5. The topological polar surface area (TPSA) is 16.4 Å². The first-order chi connectivity index (χ1) is 5.70. The first kappa shape index (κ1) is 9.00. The minimum absolute atomic E-state index is 0.716. The summed E-state index contributed by atoms with van der Waals surface area (Å²) >= 11 is 5.09. The molecule has 0 unspecified atom stereocenters. The zero-order valence-electron chi connectivity index (χ0n) is 7.15. The molecule has 2 nitrogen and oxygen atoms in total. The number of hydrogen-bond acceptors (Lipinski definition) is 3. The number of hydrogen-bond donors (Lipinski definition) is 0. The number of allylic oxidation sites excluding steroid dienone is 1. The van der Waals surface area contributed by atoms with E-state index in [4.69, 9.17) is 16.6 Å². The number of furan rings is 1. The molecule has 0 bridgehead atoms. The Morgan fingerprint density at radius 3 is 2.83 bits per heavy atom. The monoisotopic (exact) mass is 181 g/mol. The van der Waals surface area contributed by atoms with Crippen LogP contribution in [0, 0.1) is 0 Å². The second-order valence-corrected chi connectivity index (χ2v) is 3.06. The van der Waals surface area contributed by atoms with Gasteiger partial charge in [-0.05, 0) is 18.2 Å². The van der Waals surface area contributed by atoms with Crippen LogP contribution >= 0.6 is 12.2 Å². The smallest absolute Gasteiger partial charge is 0.144 e. The van der Waals surface area contributed by atoms with Gasteiger partial charge in [-0.25, -0.2) is 0 Å². The third-order valence-electron chi connectivity index (χ3n) is 1.29. The van der Waals surface area contributed by atoms with Gasteiger partial charge in [0, 0.05) is 20.3 Å². The molecule has 0 aliphatic heterocycles. The lowest BCUT2D eigenvalue weighted by Gasteiger charge is -2.02. The van der Waals surface area contributed by atoms with Crippen LogP contribution in [0.1, 0.15) is 5.76 Å². The minimum Gasteiger partial charge on any atom is -0.463 e. The Morgan fingerprint density at radius 2 is 2.33 bits per heavy atom. The van der Waals surface area contributed by atoms with E-state index in [0.29, 0.717) is 4.86 Å². The van der Waals surface area contributed by atoms with Gasteiger partial charge in [0.1, 0.15) is 5.76 Å². The summed E-state index contributed by atoms with van der Waals surface area (Å²) in [6.45, 7) is 0. The average Bonchev–Trinajstić information content (AvgIpc) is 2.51. The van der Waals surface area contributed by atoms with Crippen molar-refractivity contribution >= 4 is 17.1 Å². The highest BCUT2D eigenvalue weighted by Crippen LogP contribution is 2.03. The second-order valence-electron chi connectivity index (χ2n) is 2.62. The average molecular weight is 181 g/mol. The van der Waals surface area contributed by atoms with Gasteiger partial charge in [-0.3, -0.25) is 0 Å². The van der Waals surface area contributed by atoms with Crippen molar-refractivity contribution in [3.63, 3.8) is 0 Å². The fraction of sp³-hybridized carbons (Fsp3) is 0.222. The third kappa shape index (κ3) is 2.51. The maximum atomic E-state index is 5.12. The van der Waals surface area contributed by atoms with Crippen molar-refractivity contribution in [3.05, 3.63) is 36.4 Å². The zero-order valence-corrected chi connectivity index (χ0v) is 7.97. The fourth-order valence-corrected chi connectivity index (χ4v) is 0.895. The minimum atomic E-state index is 0.716. The molecule has 0 radical (unpaired) electrons. The van der Waals surface area contributed by atoms with Crippen molar-refractivity contribution in [1.29, 1.82) is 0 Å². The highest BCUT2D eigenvalue weighted by molar-refractivity contribution is 7.81. The summed E-state index contributed by atoms with van der Waals surface area (Å²) < 4.78 is 5.12. The molecule has 1 aromatic heterocycles. The molecule has 0 amide bonds. The molecule has 0 atom stereocenters. The van der Waals surface area contributed by atoms with Gasteiger partial charge in [-0.1, -0.05) is 12.2 Å². The molecule has 12 heavy (non-hydrogen) atoms. The summed E-state index contributed by atoms with van der Waals surface area (Å²) in [6, 6.07) is 3.67.